The average Bonchev–Trinajstić information content (AvgIpc) is 2.34. The number of sulfonamides is 1. The molecular formula is C11H15NO6S2. The lowest BCUT2D eigenvalue weighted by Crippen LogP contribution is -2.36. The summed E-state index contributed by atoms with van der Waals surface area (Å²) in [5.74, 6) is -2.61. The Morgan fingerprint density at radius 2 is 1.70 bits per heavy atom. The molecule has 0 fully saturated rings. The van der Waals surface area contributed by atoms with Crippen molar-refractivity contribution in [3.8, 4) is 0 Å². The average molecular weight is 321 g/mol. The van der Waals surface area contributed by atoms with E-state index in [1.54, 1.807) is 18.2 Å². The molecule has 0 unspecified atom stereocenters. The molecule has 0 amide bonds. The molecule has 0 spiro atoms. The van der Waals surface area contributed by atoms with Crippen LogP contribution in [0.2, 0.25) is 0 Å². The van der Waals surface area contributed by atoms with E-state index >= 15 is 0 Å². The molecule has 0 radical (unpaired) electrons. The van der Waals surface area contributed by atoms with Crippen molar-refractivity contribution in [3.05, 3.63) is 35.9 Å². The van der Waals surface area contributed by atoms with Crippen LogP contribution in [0.25, 0.3) is 0 Å². The van der Waals surface area contributed by atoms with Crippen molar-refractivity contribution in [2.45, 2.75) is 6.04 Å². The van der Waals surface area contributed by atoms with E-state index < -0.39 is 43.4 Å². The van der Waals surface area contributed by atoms with Gasteiger partial charge in [0.2, 0.25) is 10.0 Å². The lowest BCUT2D eigenvalue weighted by molar-refractivity contribution is -0.139. The molecule has 1 rings (SSSR count). The Morgan fingerprint density at radius 3 is 2.15 bits per heavy atom. The summed E-state index contributed by atoms with van der Waals surface area (Å²) in [5.41, 5.74) is 0.267. The van der Waals surface area contributed by atoms with Gasteiger partial charge in [0.15, 0.2) is 0 Å². The fourth-order valence-corrected chi connectivity index (χ4v) is 4.21. The zero-order valence-electron chi connectivity index (χ0n) is 10.7. The number of aliphatic carboxylic acids is 1. The van der Waals surface area contributed by atoms with Crippen LogP contribution in [0.4, 0.5) is 0 Å². The molecule has 112 valence electrons. The first-order valence-corrected chi connectivity index (χ1v) is 9.27. The quantitative estimate of drug-likeness (QED) is 0.716. The van der Waals surface area contributed by atoms with E-state index in [0.29, 0.717) is 0 Å². The minimum Gasteiger partial charge on any atom is -0.480 e. The van der Waals surface area contributed by atoms with Gasteiger partial charge in [-0.15, -0.1) is 0 Å². The van der Waals surface area contributed by atoms with E-state index in [-0.39, 0.29) is 5.56 Å². The SMILES string of the molecule is CS(=O)(=O)CCS(=O)(=O)N[C@@H](C(=O)O)c1ccccc1. The summed E-state index contributed by atoms with van der Waals surface area (Å²) in [5, 5.41) is 9.07. The molecule has 0 aliphatic carbocycles. The zero-order chi connectivity index (χ0) is 15.4. The van der Waals surface area contributed by atoms with E-state index in [1.165, 1.54) is 12.1 Å². The summed E-state index contributed by atoms with van der Waals surface area (Å²) in [6.07, 6.45) is 0.911. The number of hydrogen-bond donors (Lipinski definition) is 2. The Bertz CT molecular complexity index is 666. The summed E-state index contributed by atoms with van der Waals surface area (Å²) in [6, 6.07) is 6.32. The van der Waals surface area contributed by atoms with Gasteiger partial charge in [-0.25, -0.2) is 16.8 Å². The summed E-state index contributed by atoms with van der Waals surface area (Å²) in [7, 11) is -7.46. The number of carboxylic acids is 1. The minimum atomic E-state index is -4.02. The van der Waals surface area contributed by atoms with Gasteiger partial charge in [0, 0.05) is 6.26 Å². The Balaban J connectivity index is 2.89. The van der Waals surface area contributed by atoms with Crippen LogP contribution in [0.15, 0.2) is 30.3 Å². The van der Waals surface area contributed by atoms with Crippen LogP contribution in [-0.2, 0) is 24.7 Å². The van der Waals surface area contributed by atoms with Gasteiger partial charge in [-0.1, -0.05) is 30.3 Å². The summed E-state index contributed by atoms with van der Waals surface area (Å²) >= 11 is 0. The van der Waals surface area contributed by atoms with Crippen LogP contribution in [0.1, 0.15) is 11.6 Å². The van der Waals surface area contributed by atoms with Crippen LogP contribution >= 0.6 is 0 Å². The zero-order valence-corrected chi connectivity index (χ0v) is 12.3. The van der Waals surface area contributed by atoms with Crippen molar-refractivity contribution < 1.29 is 26.7 Å². The fraction of sp³-hybridized carbons (Fsp3) is 0.364. The Kier molecular flexibility index (Phi) is 5.26. The van der Waals surface area contributed by atoms with E-state index in [1.807, 2.05) is 4.72 Å². The number of carbonyl (C=O) groups is 1. The van der Waals surface area contributed by atoms with Crippen LogP contribution in [0.3, 0.4) is 0 Å². The molecule has 0 saturated heterocycles. The third-order valence-electron chi connectivity index (χ3n) is 2.40. The topological polar surface area (TPSA) is 118 Å². The molecule has 7 nitrogen and oxygen atoms in total. The Hall–Kier alpha value is -1.45. The predicted molar refractivity (Wildman–Crippen MR) is 73.5 cm³/mol. The van der Waals surface area contributed by atoms with Gasteiger partial charge in [-0.05, 0) is 5.56 Å². The van der Waals surface area contributed by atoms with Gasteiger partial charge in [0.25, 0.3) is 0 Å². The lowest BCUT2D eigenvalue weighted by Gasteiger charge is -2.14. The van der Waals surface area contributed by atoms with Crippen LogP contribution in [0, 0.1) is 0 Å². The van der Waals surface area contributed by atoms with Crippen molar-refractivity contribution in [2.24, 2.45) is 0 Å². The van der Waals surface area contributed by atoms with E-state index in [9.17, 15) is 21.6 Å². The molecule has 0 aliphatic rings. The highest BCUT2D eigenvalue weighted by molar-refractivity contribution is 7.93. The first kappa shape index (κ1) is 16.6. The van der Waals surface area contributed by atoms with Crippen LogP contribution in [-0.4, -0.2) is 45.7 Å². The molecular weight excluding hydrogens is 306 g/mol. The molecule has 20 heavy (non-hydrogen) atoms. The number of benzene rings is 1. The second-order valence-electron chi connectivity index (χ2n) is 4.25. The number of sulfone groups is 1. The summed E-state index contributed by atoms with van der Waals surface area (Å²) in [4.78, 5) is 11.1. The second-order valence-corrected chi connectivity index (χ2v) is 8.38. The maximum Gasteiger partial charge on any atom is 0.326 e. The van der Waals surface area contributed by atoms with Crippen molar-refractivity contribution in [1.82, 2.24) is 4.72 Å². The van der Waals surface area contributed by atoms with Gasteiger partial charge >= 0.3 is 5.97 Å². The van der Waals surface area contributed by atoms with Gasteiger partial charge in [-0.2, -0.15) is 4.72 Å². The van der Waals surface area contributed by atoms with E-state index in [2.05, 4.69) is 0 Å². The van der Waals surface area contributed by atoms with Gasteiger partial charge in [0.1, 0.15) is 15.9 Å². The highest BCUT2D eigenvalue weighted by Crippen LogP contribution is 2.14. The number of carboxylic acid groups (broad SMARTS) is 1. The number of rotatable bonds is 7. The standard InChI is InChI=1S/C11H15NO6S2/c1-19(15,16)7-8-20(17,18)12-10(11(13)14)9-5-3-2-4-6-9/h2-6,10,12H,7-8H2,1H3,(H,13,14)/t10-/m1/s1. The highest BCUT2D eigenvalue weighted by Gasteiger charge is 2.26. The molecule has 0 aliphatic heterocycles. The minimum absolute atomic E-state index is 0.267. The van der Waals surface area contributed by atoms with Crippen LogP contribution < -0.4 is 4.72 Å². The van der Waals surface area contributed by atoms with Crippen molar-refractivity contribution in [2.75, 3.05) is 17.8 Å². The largest absolute Gasteiger partial charge is 0.480 e. The van der Waals surface area contributed by atoms with Gasteiger partial charge < -0.3 is 5.11 Å². The van der Waals surface area contributed by atoms with Crippen molar-refractivity contribution in [1.29, 1.82) is 0 Å². The molecule has 1 atom stereocenters. The number of hydrogen-bond acceptors (Lipinski definition) is 5. The first-order valence-electron chi connectivity index (χ1n) is 5.56. The maximum atomic E-state index is 11.7. The molecule has 1 aromatic carbocycles. The third-order valence-corrected chi connectivity index (χ3v) is 4.94. The lowest BCUT2D eigenvalue weighted by atomic mass is 10.1. The summed E-state index contributed by atoms with van der Waals surface area (Å²) in [6.45, 7) is 0. The molecule has 0 heterocycles. The van der Waals surface area contributed by atoms with Gasteiger partial charge in [0.05, 0.1) is 11.5 Å². The molecule has 0 aromatic heterocycles. The van der Waals surface area contributed by atoms with Crippen molar-refractivity contribution in [3.63, 3.8) is 0 Å². The molecule has 0 saturated carbocycles. The monoisotopic (exact) mass is 321 g/mol. The van der Waals surface area contributed by atoms with E-state index in [4.69, 9.17) is 5.11 Å². The third kappa shape index (κ3) is 5.68. The predicted octanol–water partition coefficient (Wildman–Crippen LogP) is -0.224. The maximum absolute atomic E-state index is 11.7. The molecule has 0 bridgehead atoms. The Morgan fingerprint density at radius 1 is 1.15 bits per heavy atom. The van der Waals surface area contributed by atoms with Crippen molar-refractivity contribution >= 4 is 25.8 Å². The van der Waals surface area contributed by atoms with Crippen LogP contribution in [0.5, 0.6) is 0 Å². The second kappa shape index (κ2) is 6.33. The molecule has 2 N–H and O–H groups in total. The van der Waals surface area contributed by atoms with E-state index in [0.717, 1.165) is 6.26 Å². The highest BCUT2D eigenvalue weighted by atomic mass is 32.2. The Labute approximate surface area is 117 Å². The fourth-order valence-electron chi connectivity index (χ4n) is 1.41. The normalized spacial score (nSPS) is 13.8. The smallest absolute Gasteiger partial charge is 0.326 e. The van der Waals surface area contributed by atoms with Gasteiger partial charge in [-0.3, -0.25) is 4.79 Å². The summed E-state index contributed by atoms with van der Waals surface area (Å²) < 4.78 is 47.4. The molecule has 1 aromatic rings. The number of nitrogens with one attached hydrogen (secondary N) is 1. The first-order chi connectivity index (χ1) is 9.11. The molecule has 9 heteroatoms.